The van der Waals surface area contributed by atoms with Crippen molar-refractivity contribution >= 4 is 25.7 Å². The Morgan fingerprint density at radius 3 is 1.18 bits per heavy atom. The third kappa shape index (κ3) is 52.5. The van der Waals surface area contributed by atoms with E-state index in [0.29, 0.717) is 19.3 Å². The summed E-state index contributed by atoms with van der Waals surface area (Å²) < 4.78 is 39.3. The van der Waals surface area contributed by atoms with Crippen molar-refractivity contribution in [3.63, 3.8) is 0 Å². The Labute approximate surface area is 449 Å². The van der Waals surface area contributed by atoms with Crippen LogP contribution >= 0.6 is 7.82 Å². The second-order valence-corrected chi connectivity index (χ2v) is 19.4. The summed E-state index contributed by atoms with van der Waals surface area (Å²) in [5.41, 5.74) is 0. The van der Waals surface area contributed by atoms with Crippen LogP contribution in [0.15, 0.2) is 134 Å². The van der Waals surface area contributed by atoms with Gasteiger partial charge in [0.25, 0.3) is 0 Å². The van der Waals surface area contributed by atoms with E-state index >= 15 is 0 Å². The number of esters is 3. The zero-order valence-corrected chi connectivity index (χ0v) is 46.9. The van der Waals surface area contributed by atoms with Crippen molar-refractivity contribution in [2.24, 2.45) is 0 Å². The Kier molecular flexibility index (Phi) is 51.6. The summed E-state index contributed by atoms with van der Waals surface area (Å²) in [7, 11) is -4.78. The van der Waals surface area contributed by atoms with E-state index in [4.69, 9.17) is 23.3 Å². The predicted octanol–water partition coefficient (Wildman–Crippen LogP) is 16.6. The quantitative estimate of drug-likeness (QED) is 0.0197. The highest BCUT2D eigenvalue weighted by Crippen LogP contribution is 2.43. The van der Waals surface area contributed by atoms with Crippen molar-refractivity contribution in [1.82, 2.24) is 0 Å². The van der Waals surface area contributed by atoms with Crippen LogP contribution in [-0.2, 0) is 42.2 Å². The lowest BCUT2D eigenvalue weighted by atomic mass is 10.1. The van der Waals surface area contributed by atoms with E-state index in [-0.39, 0.29) is 25.9 Å². The standard InChI is InChI=1S/C62H99O11P/c1-4-7-10-13-16-19-22-25-27-28-29-30-32-34-36-39-42-45-48-51-60(64)69-55-59(73-62(66)53-50-47-44-41-38-35-31-26-23-20-17-14-11-8-5-2)57-71-74(67,68)70-56-58(54-63)72-61(65)52-49-46-43-40-37-33-24-21-18-15-12-9-6-3/h7,9-10,12,16-21,25-27,29-31,33-34,36-37,43,46,58-59,63H,4-6,8,11,13-15,22-24,28,32,35,38-42,44-45,47-57H2,1-3H3,(H,67,68)/b10-7-,12-9-,19-16-,20-17-,21-18-,27-25-,30-29-,31-26-,36-34-,37-33-,46-43-. The molecule has 2 N–H and O–H groups in total. The Hall–Kier alpha value is -4.38. The van der Waals surface area contributed by atoms with Gasteiger partial charge in [-0.2, -0.15) is 0 Å². The summed E-state index contributed by atoms with van der Waals surface area (Å²) in [6.45, 7) is 4.22. The van der Waals surface area contributed by atoms with Gasteiger partial charge in [0.2, 0.25) is 0 Å². The number of aliphatic hydroxyl groups excluding tert-OH is 1. The highest BCUT2D eigenvalue weighted by Gasteiger charge is 2.28. The Morgan fingerprint density at radius 2 is 0.730 bits per heavy atom. The van der Waals surface area contributed by atoms with Crippen molar-refractivity contribution in [2.45, 2.75) is 213 Å². The number of aliphatic hydroxyl groups is 1. The van der Waals surface area contributed by atoms with Gasteiger partial charge in [-0.05, 0) is 122 Å². The molecular formula is C62H99O11P. The van der Waals surface area contributed by atoms with Crippen molar-refractivity contribution in [1.29, 1.82) is 0 Å². The van der Waals surface area contributed by atoms with E-state index < -0.39 is 57.8 Å². The minimum absolute atomic E-state index is 0.0457. The smallest absolute Gasteiger partial charge is 0.462 e. The van der Waals surface area contributed by atoms with Crippen molar-refractivity contribution in [2.75, 3.05) is 26.4 Å². The molecule has 0 fully saturated rings. The number of hydrogen-bond donors (Lipinski definition) is 2. The third-order valence-corrected chi connectivity index (χ3v) is 12.0. The van der Waals surface area contributed by atoms with Crippen LogP contribution in [0, 0.1) is 0 Å². The van der Waals surface area contributed by atoms with Crippen LogP contribution < -0.4 is 0 Å². The van der Waals surface area contributed by atoms with E-state index in [0.717, 1.165) is 122 Å². The van der Waals surface area contributed by atoms with Gasteiger partial charge in [-0.3, -0.25) is 23.4 Å². The molecule has 0 amide bonds. The lowest BCUT2D eigenvalue weighted by molar-refractivity contribution is -0.161. The number of hydrogen-bond acceptors (Lipinski definition) is 10. The zero-order valence-electron chi connectivity index (χ0n) is 46.0. The minimum atomic E-state index is -4.78. The number of carbonyl (C=O) groups is 3. The fourth-order valence-corrected chi connectivity index (χ4v) is 7.62. The van der Waals surface area contributed by atoms with Crippen LogP contribution in [-0.4, -0.2) is 66.5 Å². The maximum Gasteiger partial charge on any atom is 0.472 e. The maximum atomic E-state index is 12.9. The molecule has 0 saturated carbocycles. The van der Waals surface area contributed by atoms with Crippen LogP contribution in [0.3, 0.4) is 0 Å². The number of ether oxygens (including phenoxy) is 3. The molecule has 0 aliphatic carbocycles. The summed E-state index contributed by atoms with van der Waals surface area (Å²) in [6.07, 6.45) is 68.6. The lowest BCUT2D eigenvalue weighted by Gasteiger charge is -2.21. The summed E-state index contributed by atoms with van der Waals surface area (Å²) >= 11 is 0. The van der Waals surface area contributed by atoms with E-state index in [2.05, 4.69) is 136 Å². The molecule has 0 heterocycles. The van der Waals surface area contributed by atoms with Gasteiger partial charge in [-0.25, -0.2) is 4.57 Å². The molecule has 0 rings (SSSR count). The van der Waals surface area contributed by atoms with Crippen molar-refractivity contribution in [3.8, 4) is 0 Å². The summed E-state index contributed by atoms with van der Waals surface area (Å²) in [5, 5.41) is 9.78. The maximum absolute atomic E-state index is 12.9. The van der Waals surface area contributed by atoms with Gasteiger partial charge >= 0.3 is 25.7 Å². The Balaban J connectivity index is 4.89. The van der Waals surface area contributed by atoms with Gasteiger partial charge in [0.1, 0.15) is 12.7 Å². The second kappa shape index (κ2) is 54.9. The molecular weight excluding hydrogens is 952 g/mol. The van der Waals surface area contributed by atoms with Crippen LogP contribution in [0.1, 0.15) is 201 Å². The number of phosphoric ester groups is 1. The first kappa shape index (κ1) is 69.6. The molecule has 0 spiro atoms. The van der Waals surface area contributed by atoms with Gasteiger partial charge in [-0.15, -0.1) is 0 Å². The fourth-order valence-electron chi connectivity index (χ4n) is 6.84. The largest absolute Gasteiger partial charge is 0.472 e. The summed E-state index contributed by atoms with van der Waals surface area (Å²) in [5.74, 6) is -1.62. The Morgan fingerprint density at radius 1 is 0.392 bits per heavy atom. The molecule has 74 heavy (non-hydrogen) atoms. The van der Waals surface area contributed by atoms with Crippen molar-refractivity contribution < 1.29 is 52.2 Å². The first-order valence-electron chi connectivity index (χ1n) is 28.1. The van der Waals surface area contributed by atoms with Crippen LogP contribution in [0.5, 0.6) is 0 Å². The molecule has 0 aliphatic heterocycles. The zero-order chi connectivity index (χ0) is 54.1. The average molecular weight is 1050 g/mol. The molecule has 3 atom stereocenters. The summed E-state index contributed by atoms with van der Waals surface area (Å²) in [4.78, 5) is 48.5. The highest BCUT2D eigenvalue weighted by molar-refractivity contribution is 7.47. The van der Waals surface area contributed by atoms with Gasteiger partial charge in [0, 0.05) is 19.3 Å². The molecule has 11 nitrogen and oxygen atoms in total. The molecule has 3 unspecified atom stereocenters. The summed E-state index contributed by atoms with van der Waals surface area (Å²) in [6, 6.07) is 0. The topological polar surface area (TPSA) is 155 Å². The molecule has 0 aromatic rings. The molecule has 0 bridgehead atoms. The highest BCUT2D eigenvalue weighted by atomic mass is 31.2. The molecule has 0 aromatic carbocycles. The van der Waals surface area contributed by atoms with E-state index in [1.807, 2.05) is 18.2 Å². The second-order valence-electron chi connectivity index (χ2n) is 18.0. The van der Waals surface area contributed by atoms with Gasteiger partial charge < -0.3 is 24.2 Å². The number of allylic oxidation sites excluding steroid dienone is 22. The number of rotatable bonds is 50. The molecule has 418 valence electrons. The van der Waals surface area contributed by atoms with Crippen LogP contribution in [0.4, 0.5) is 0 Å². The first-order valence-corrected chi connectivity index (χ1v) is 29.6. The van der Waals surface area contributed by atoms with Crippen LogP contribution in [0.2, 0.25) is 0 Å². The van der Waals surface area contributed by atoms with Crippen LogP contribution in [0.25, 0.3) is 0 Å². The molecule has 0 saturated heterocycles. The third-order valence-electron chi connectivity index (χ3n) is 11.1. The number of carbonyl (C=O) groups excluding carboxylic acids is 3. The number of phosphoric acid groups is 1. The lowest BCUT2D eigenvalue weighted by Crippen LogP contribution is -2.30. The molecule has 0 aromatic heterocycles. The number of unbranched alkanes of at least 4 members (excludes halogenated alkanes) is 11. The van der Waals surface area contributed by atoms with Gasteiger partial charge in [0.05, 0.1) is 19.8 Å². The predicted molar refractivity (Wildman–Crippen MR) is 306 cm³/mol. The monoisotopic (exact) mass is 1050 g/mol. The van der Waals surface area contributed by atoms with E-state index in [1.54, 1.807) is 0 Å². The van der Waals surface area contributed by atoms with Crippen molar-refractivity contribution in [3.05, 3.63) is 134 Å². The van der Waals surface area contributed by atoms with Gasteiger partial charge in [0.15, 0.2) is 6.10 Å². The fraction of sp³-hybridized carbons (Fsp3) is 0.597. The minimum Gasteiger partial charge on any atom is -0.462 e. The molecule has 0 aliphatic rings. The first-order chi connectivity index (χ1) is 36.2. The van der Waals surface area contributed by atoms with E-state index in [1.165, 1.54) is 19.3 Å². The average Bonchev–Trinajstić information content (AvgIpc) is 3.39. The SMILES string of the molecule is CC/C=C\C/C=C\C/C=C\C/C=C\C/C=C\CCCCCC(=O)OCC(COP(=O)(O)OCC(CO)OC(=O)CC/C=C\C/C=C\C/C=C\C/C=C\CC)OC(=O)CCCCCCC/C=C\C/C=C\CCCCC. The van der Waals surface area contributed by atoms with Gasteiger partial charge in [-0.1, -0.05) is 193 Å². The Bertz CT molecular complexity index is 1750. The normalized spacial score (nSPS) is 14.4. The molecule has 0 radical (unpaired) electrons. The van der Waals surface area contributed by atoms with E-state index in [9.17, 15) is 28.9 Å². The molecule has 12 heteroatoms.